The molecular weight excluding hydrogens is 286 g/mol. The molecule has 1 aromatic carbocycles. The average molecular weight is 305 g/mol. The van der Waals surface area contributed by atoms with Gasteiger partial charge in [-0.1, -0.05) is 6.07 Å². The maximum atomic E-state index is 12.0. The van der Waals surface area contributed by atoms with E-state index in [4.69, 9.17) is 9.47 Å². The van der Waals surface area contributed by atoms with Crippen LogP contribution in [0, 0.1) is 0 Å². The van der Waals surface area contributed by atoms with E-state index in [1.54, 1.807) is 17.4 Å². The van der Waals surface area contributed by atoms with Crippen LogP contribution in [0.3, 0.4) is 0 Å². The minimum atomic E-state index is -0.0379. The Kier molecular flexibility index (Phi) is 5.63. The molecule has 0 aliphatic carbocycles. The Morgan fingerprint density at radius 2 is 1.90 bits per heavy atom. The maximum Gasteiger partial charge on any atom is 0.229 e. The zero-order valence-corrected chi connectivity index (χ0v) is 13.0. The second kappa shape index (κ2) is 7.69. The van der Waals surface area contributed by atoms with Crippen molar-refractivity contribution >= 4 is 22.9 Å². The number of ether oxygens (including phenoxy) is 2. The first-order chi connectivity index (χ1) is 10.2. The molecule has 0 radical (unpaired) electrons. The van der Waals surface area contributed by atoms with Crippen molar-refractivity contribution in [2.75, 3.05) is 18.5 Å². The van der Waals surface area contributed by atoms with Crippen molar-refractivity contribution < 1.29 is 14.3 Å². The molecule has 0 spiro atoms. The zero-order chi connectivity index (χ0) is 15.1. The van der Waals surface area contributed by atoms with E-state index in [2.05, 4.69) is 5.32 Å². The lowest BCUT2D eigenvalue weighted by Gasteiger charge is -2.12. The molecular formula is C16H19NO3S. The number of benzene rings is 1. The highest BCUT2D eigenvalue weighted by Gasteiger charge is 2.09. The van der Waals surface area contributed by atoms with Gasteiger partial charge in [-0.15, -0.1) is 11.3 Å². The molecule has 2 aromatic rings. The van der Waals surface area contributed by atoms with E-state index < -0.39 is 0 Å². The largest absolute Gasteiger partial charge is 0.490 e. The molecule has 0 aliphatic rings. The summed E-state index contributed by atoms with van der Waals surface area (Å²) in [6.45, 7) is 4.96. The van der Waals surface area contributed by atoms with Gasteiger partial charge in [-0.25, -0.2) is 0 Å². The molecule has 112 valence electrons. The second-order valence-electron chi connectivity index (χ2n) is 4.33. The zero-order valence-electron chi connectivity index (χ0n) is 12.2. The maximum absolute atomic E-state index is 12.0. The molecule has 0 saturated carbocycles. The highest BCUT2D eigenvalue weighted by Crippen LogP contribution is 2.30. The molecule has 5 heteroatoms. The molecule has 21 heavy (non-hydrogen) atoms. The van der Waals surface area contributed by atoms with Gasteiger partial charge in [0.05, 0.1) is 19.6 Å². The van der Waals surface area contributed by atoms with Crippen LogP contribution < -0.4 is 14.8 Å². The molecule has 1 heterocycles. The molecule has 0 fully saturated rings. The van der Waals surface area contributed by atoms with Gasteiger partial charge in [0, 0.05) is 16.6 Å². The van der Waals surface area contributed by atoms with E-state index in [0.717, 1.165) is 4.88 Å². The van der Waals surface area contributed by atoms with Gasteiger partial charge >= 0.3 is 0 Å². The first kappa shape index (κ1) is 15.4. The summed E-state index contributed by atoms with van der Waals surface area (Å²) in [6.07, 6.45) is 0.384. The van der Waals surface area contributed by atoms with Crippen molar-refractivity contribution in [1.29, 1.82) is 0 Å². The molecule has 0 atom stereocenters. The Hall–Kier alpha value is -2.01. The summed E-state index contributed by atoms with van der Waals surface area (Å²) in [5.74, 6) is 1.30. The number of nitrogens with one attached hydrogen (secondary N) is 1. The highest BCUT2D eigenvalue weighted by atomic mass is 32.1. The van der Waals surface area contributed by atoms with Crippen LogP contribution in [0.15, 0.2) is 35.7 Å². The van der Waals surface area contributed by atoms with Crippen molar-refractivity contribution in [3.63, 3.8) is 0 Å². The Morgan fingerprint density at radius 3 is 2.57 bits per heavy atom. The van der Waals surface area contributed by atoms with E-state index in [-0.39, 0.29) is 5.91 Å². The van der Waals surface area contributed by atoms with Gasteiger partial charge in [0.2, 0.25) is 5.91 Å². The fourth-order valence-electron chi connectivity index (χ4n) is 1.91. The summed E-state index contributed by atoms with van der Waals surface area (Å²) < 4.78 is 11.0. The third-order valence-corrected chi connectivity index (χ3v) is 3.62. The van der Waals surface area contributed by atoms with E-state index in [0.29, 0.717) is 36.8 Å². The first-order valence-electron chi connectivity index (χ1n) is 6.94. The Balaban J connectivity index is 2.05. The summed E-state index contributed by atoms with van der Waals surface area (Å²) in [5, 5.41) is 4.85. The lowest BCUT2D eigenvalue weighted by molar-refractivity contribution is -0.115. The second-order valence-corrected chi connectivity index (χ2v) is 5.36. The predicted molar refractivity (Wildman–Crippen MR) is 85.4 cm³/mol. The standard InChI is InChI=1S/C16H19NO3S/c1-3-19-14-8-7-12(10-15(14)20-4-2)17-16(18)11-13-6-5-9-21-13/h5-10H,3-4,11H2,1-2H3,(H,17,18). The van der Waals surface area contributed by atoms with Crippen LogP contribution in [0.5, 0.6) is 11.5 Å². The molecule has 1 amide bonds. The third-order valence-electron chi connectivity index (χ3n) is 2.74. The van der Waals surface area contributed by atoms with Gasteiger partial charge in [0.25, 0.3) is 0 Å². The van der Waals surface area contributed by atoms with Crippen LogP contribution in [0.2, 0.25) is 0 Å². The number of rotatable bonds is 7. The molecule has 0 bridgehead atoms. The van der Waals surface area contributed by atoms with Crippen LogP contribution in [0.25, 0.3) is 0 Å². The van der Waals surface area contributed by atoms with Gasteiger partial charge in [-0.05, 0) is 37.4 Å². The number of hydrogen-bond acceptors (Lipinski definition) is 4. The number of carbonyl (C=O) groups is 1. The van der Waals surface area contributed by atoms with E-state index in [1.165, 1.54) is 0 Å². The number of amides is 1. The lowest BCUT2D eigenvalue weighted by Crippen LogP contribution is -2.13. The van der Waals surface area contributed by atoms with Crippen LogP contribution >= 0.6 is 11.3 Å². The molecule has 1 N–H and O–H groups in total. The number of carbonyl (C=O) groups excluding carboxylic acids is 1. The highest BCUT2D eigenvalue weighted by molar-refractivity contribution is 7.10. The molecule has 1 aromatic heterocycles. The summed E-state index contributed by atoms with van der Waals surface area (Å²) in [6, 6.07) is 9.32. The van der Waals surface area contributed by atoms with Gasteiger partial charge in [-0.2, -0.15) is 0 Å². The van der Waals surface area contributed by atoms with E-state index in [9.17, 15) is 4.79 Å². The number of hydrogen-bond donors (Lipinski definition) is 1. The summed E-state index contributed by atoms with van der Waals surface area (Å²) in [7, 11) is 0. The third kappa shape index (κ3) is 4.49. The van der Waals surface area contributed by atoms with Crippen molar-refractivity contribution in [2.45, 2.75) is 20.3 Å². The summed E-state index contributed by atoms with van der Waals surface area (Å²) in [5.41, 5.74) is 0.712. The fourth-order valence-corrected chi connectivity index (χ4v) is 2.61. The summed E-state index contributed by atoms with van der Waals surface area (Å²) >= 11 is 1.58. The normalized spacial score (nSPS) is 10.2. The Labute approximate surface area is 128 Å². The van der Waals surface area contributed by atoms with Crippen LogP contribution in [-0.4, -0.2) is 19.1 Å². The fraction of sp³-hybridized carbons (Fsp3) is 0.312. The van der Waals surface area contributed by atoms with Crippen LogP contribution in [0.4, 0.5) is 5.69 Å². The molecule has 4 nitrogen and oxygen atoms in total. The Morgan fingerprint density at radius 1 is 1.14 bits per heavy atom. The number of anilines is 1. The summed E-state index contributed by atoms with van der Waals surface area (Å²) in [4.78, 5) is 13.0. The van der Waals surface area contributed by atoms with Gasteiger partial charge in [0.1, 0.15) is 0 Å². The topological polar surface area (TPSA) is 47.6 Å². The number of thiophene rings is 1. The minimum absolute atomic E-state index is 0.0379. The van der Waals surface area contributed by atoms with Gasteiger partial charge in [0.15, 0.2) is 11.5 Å². The van der Waals surface area contributed by atoms with Crippen molar-refractivity contribution in [2.24, 2.45) is 0 Å². The van der Waals surface area contributed by atoms with Gasteiger partial charge < -0.3 is 14.8 Å². The predicted octanol–water partition coefficient (Wildman–Crippen LogP) is 3.73. The van der Waals surface area contributed by atoms with E-state index >= 15 is 0 Å². The first-order valence-corrected chi connectivity index (χ1v) is 7.82. The van der Waals surface area contributed by atoms with E-state index in [1.807, 2.05) is 43.5 Å². The lowest BCUT2D eigenvalue weighted by atomic mass is 10.2. The van der Waals surface area contributed by atoms with Gasteiger partial charge in [-0.3, -0.25) is 4.79 Å². The van der Waals surface area contributed by atoms with Crippen LogP contribution in [-0.2, 0) is 11.2 Å². The van der Waals surface area contributed by atoms with Crippen molar-refractivity contribution in [1.82, 2.24) is 0 Å². The quantitative estimate of drug-likeness (QED) is 0.848. The molecule has 0 unspecified atom stereocenters. The molecule has 2 rings (SSSR count). The molecule has 0 aliphatic heterocycles. The average Bonchev–Trinajstić information content (AvgIpc) is 2.95. The smallest absolute Gasteiger partial charge is 0.229 e. The van der Waals surface area contributed by atoms with Crippen molar-refractivity contribution in [3.8, 4) is 11.5 Å². The SMILES string of the molecule is CCOc1ccc(NC(=O)Cc2cccs2)cc1OCC. The minimum Gasteiger partial charge on any atom is -0.490 e. The Bertz CT molecular complexity index is 581. The monoisotopic (exact) mass is 305 g/mol. The van der Waals surface area contributed by atoms with Crippen LogP contribution in [0.1, 0.15) is 18.7 Å². The van der Waals surface area contributed by atoms with Crippen molar-refractivity contribution in [3.05, 3.63) is 40.6 Å². The molecule has 0 saturated heterocycles.